The van der Waals surface area contributed by atoms with E-state index in [2.05, 4.69) is 41.4 Å². The Bertz CT molecular complexity index is 129. The van der Waals surface area contributed by atoms with Crippen molar-refractivity contribution in [2.45, 2.75) is 31.5 Å². The molecule has 1 aliphatic heterocycles. The van der Waals surface area contributed by atoms with Crippen LogP contribution < -0.4 is 0 Å². The van der Waals surface area contributed by atoms with Crippen LogP contribution in [0.1, 0.15) is 20.8 Å². The van der Waals surface area contributed by atoms with Gasteiger partial charge in [-0.1, -0.05) is 5.21 Å². The molecule has 0 amide bonds. The van der Waals surface area contributed by atoms with E-state index in [1.54, 1.807) is 0 Å². The summed E-state index contributed by atoms with van der Waals surface area (Å²) in [6, 6.07) is 0. The van der Waals surface area contributed by atoms with Crippen LogP contribution in [0.2, 0.25) is 5.21 Å². The zero-order chi connectivity index (χ0) is 7.99. The summed E-state index contributed by atoms with van der Waals surface area (Å²) in [5, 5.41) is 0.577. The lowest BCUT2D eigenvalue weighted by Gasteiger charge is -2.53. The van der Waals surface area contributed by atoms with Crippen LogP contribution in [0, 0.1) is 0 Å². The Morgan fingerprint density at radius 2 is 1.60 bits per heavy atom. The summed E-state index contributed by atoms with van der Waals surface area (Å²) in [7, 11) is 4.66. The molecule has 0 spiro atoms. The van der Waals surface area contributed by atoms with Crippen molar-refractivity contribution in [3.8, 4) is 0 Å². The van der Waals surface area contributed by atoms with Gasteiger partial charge in [0, 0.05) is 5.54 Å². The van der Waals surface area contributed by atoms with Crippen molar-refractivity contribution in [1.29, 1.82) is 0 Å². The third-order valence-electron chi connectivity index (χ3n) is 2.19. The first-order chi connectivity index (χ1) is 4.31. The van der Waals surface area contributed by atoms with Gasteiger partial charge in [-0.05, 0) is 33.9 Å². The van der Waals surface area contributed by atoms with Crippen molar-refractivity contribution >= 4 is 15.7 Å². The van der Waals surface area contributed by atoms with Gasteiger partial charge in [0.2, 0.25) is 0 Å². The second-order valence-corrected chi connectivity index (χ2v) is 5.19. The van der Waals surface area contributed by atoms with Gasteiger partial charge in [0.1, 0.15) is 15.7 Å². The molecular weight excluding hydrogens is 120 g/mol. The lowest BCUT2D eigenvalue weighted by molar-refractivity contribution is 0.0555. The Morgan fingerprint density at radius 1 is 1.20 bits per heavy atom. The van der Waals surface area contributed by atoms with Crippen molar-refractivity contribution in [2.75, 3.05) is 13.1 Å². The third kappa shape index (κ3) is 1.57. The zero-order valence-corrected chi connectivity index (χ0v) is 7.86. The van der Waals surface area contributed by atoms with Gasteiger partial charge in [-0.25, -0.2) is 0 Å². The molecule has 1 heterocycles. The first-order valence-electron chi connectivity index (χ1n) is 4.06. The fourth-order valence-electron chi connectivity index (χ4n) is 1.46. The van der Waals surface area contributed by atoms with E-state index in [0.29, 0.717) is 10.8 Å². The number of likely N-dealkylation sites (tertiary alicyclic amines) is 1. The molecule has 0 atom stereocenters. The molecule has 3 heteroatoms. The minimum Gasteiger partial charge on any atom is -0.300 e. The highest BCUT2D eigenvalue weighted by molar-refractivity contribution is 6.41. The topological polar surface area (TPSA) is 3.24 Å². The van der Waals surface area contributed by atoms with Crippen LogP contribution in [0.4, 0.5) is 0 Å². The minimum absolute atomic E-state index is 0.384. The van der Waals surface area contributed by atoms with Crippen LogP contribution in [0.5, 0.6) is 0 Å². The maximum absolute atomic E-state index is 2.52. The molecule has 56 valence electrons. The highest BCUT2D eigenvalue weighted by Gasteiger charge is 2.39. The monoisotopic (exact) mass is 137 g/mol. The Morgan fingerprint density at radius 3 is 1.70 bits per heavy atom. The van der Waals surface area contributed by atoms with Crippen LogP contribution >= 0.6 is 0 Å². The van der Waals surface area contributed by atoms with Crippen LogP contribution in [0.3, 0.4) is 0 Å². The molecule has 1 nitrogen and oxygen atoms in total. The van der Waals surface area contributed by atoms with Crippen molar-refractivity contribution in [3.63, 3.8) is 0 Å². The van der Waals surface area contributed by atoms with Gasteiger partial charge < -0.3 is 4.90 Å². The van der Waals surface area contributed by atoms with E-state index in [-0.39, 0.29) is 0 Å². The molecule has 1 saturated heterocycles. The second-order valence-electron chi connectivity index (χ2n) is 5.19. The molecule has 1 fully saturated rings. The average Bonchev–Trinajstić information content (AvgIpc) is 1.56. The maximum atomic E-state index is 2.52. The zero-order valence-electron chi connectivity index (χ0n) is 7.86. The summed E-state index contributed by atoms with van der Waals surface area (Å²) < 4.78 is 0. The molecule has 10 heavy (non-hydrogen) atoms. The molecular formula is C7H17B2N. The Hall–Kier alpha value is 0.0899. The second kappa shape index (κ2) is 2.04. The molecule has 0 saturated carbocycles. The van der Waals surface area contributed by atoms with Crippen LogP contribution in [-0.4, -0.2) is 39.2 Å². The number of rotatable bonds is 0. The Balaban J connectivity index is 2.40. The number of nitrogens with zero attached hydrogens (tertiary/aromatic N) is 1. The molecule has 0 aromatic carbocycles. The molecule has 0 aromatic rings. The smallest absolute Gasteiger partial charge is 0.102 e. The van der Waals surface area contributed by atoms with Gasteiger partial charge in [-0.15, -0.1) is 0 Å². The fourth-order valence-corrected chi connectivity index (χ4v) is 1.46. The van der Waals surface area contributed by atoms with Crippen LogP contribution in [0.15, 0.2) is 0 Å². The Labute approximate surface area is 66.0 Å². The van der Waals surface area contributed by atoms with Crippen LogP contribution in [0.25, 0.3) is 0 Å². The maximum Gasteiger partial charge on any atom is 0.102 e. The molecule has 0 N–H and O–H groups in total. The van der Waals surface area contributed by atoms with Gasteiger partial charge >= 0.3 is 0 Å². The van der Waals surface area contributed by atoms with E-state index in [0.717, 1.165) is 0 Å². The summed E-state index contributed by atoms with van der Waals surface area (Å²) in [4.78, 5) is 2.52. The van der Waals surface area contributed by atoms with Gasteiger partial charge in [-0.3, -0.25) is 0 Å². The molecule has 0 bridgehead atoms. The quantitative estimate of drug-likeness (QED) is 0.406. The number of hydrogen-bond acceptors (Lipinski definition) is 1. The van der Waals surface area contributed by atoms with E-state index in [1.165, 1.54) is 13.1 Å². The van der Waals surface area contributed by atoms with Gasteiger partial charge in [0.15, 0.2) is 0 Å². The van der Waals surface area contributed by atoms with E-state index in [1.807, 2.05) is 0 Å². The summed E-state index contributed by atoms with van der Waals surface area (Å²) in [5.74, 6) is 0. The summed E-state index contributed by atoms with van der Waals surface area (Å²) in [5.41, 5.74) is 0.384. The average molecular weight is 137 g/mol. The van der Waals surface area contributed by atoms with E-state index in [9.17, 15) is 0 Å². The number of hydrogen-bond donors (Lipinski definition) is 0. The van der Waals surface area contributed by atoms with Crippen molar-refractivity contribution < 1.29 is 0 Å². The summed E-state index contributed by atoms with van der Waals surface area (Å²) in [6.07, 6.45) is 0. The van der Waals surface area contributed by atoms with Crippen molar-refractivity contribution in [2.24, 2.45) is 0 Å². The summed E-state index contributed by atoms with van der Waals surface area (Å²) >= 11 is 0. The van der Waals surface area contributed by atoms with Gasteiger partial charge in [-0.2, -0.15) is 0 Å². The molecule has 0 aliphatic carbocycles. The van der Waals surface area contributed by atoms with Gasteiger partial charge in [0.05, 0.1) is 0 Å². The highest BCUT2D eigenvalue weighted by Crippen LogP contribution is 2.34. The molecule has 1 rings (SSSR count). The van der Waals surface area contributed by atoms with Gasteiger partial charge in [0.25, 0.3) is 0 Å². The highest BCUT2D eigenvalue weighted by atomic mass is 15.2. The SMILES string of the molecule is BC1(B)CN(C(C)(C)C)C1. The first-order valence-corrected chi connectivity index (χ1v) is 4.06. The summed E-state index contributed by atoms with van der Waals surface area (Å²) in [6.45, 7) is 9.36. The fraction of sp³-hybridized carbons (Fsp3) is 1.00. The van der Waals surface area contributed by atoms with Crippen molar-refractivity contribution in [3.05, 3.63) is 0 Å². The standard InChI is InChI=1S/C7H17B2N/c1-6(2,3)10-4-7(8,9)5-10/h4-5,8-9H2,1-3H3. The molecule has 0 unspecified atom stereocenters. The molecule has 1 aliphatic rings. The Kier molecular flexibility index (Phi) is 1.67. The van der Waals surface area contributed by atoms with E-state index < -0.39 is 0 Å². The normalized spacial score (nSPS) is 25.9. The first kappa shape index (κ1) is 8.19. The van der Waals surface area contributed by atoms with E-state index >= 15 is 0 Å². The predicted octanol–water partition coefficient (Wildman–Crippen LogP) is -0.517. The lowest BCUT2D eigenvalue weighted by atomic mass is 9.49. The lowest BCUT2D eigenvalue weighted by Crippen LogP contribution is -2.59. The van der Waals surface area contributed by atoms with E-state index in [4.69, 9.17) is 0 Å². The molecule has 0 aromatic heterocycles. The molecule has 0 radical (unpaired) electrons. The largest absolute Gasteiger partial charge is 0.300 e. The van der Waals surface area contributed by atoms with Crippen molar-refractivity contribution in [1.82, 2.24) is 4.90 Å². The predicted molar refractivity (Wildman–Crippen MR) is 51.1 cm³/mol. The minimum atomic E-state index is 0.384. The van der Waals surface area contributed by atoms with Crippen LogP contribution in [-0.2, 0) is 0 Å². The third-order valence-corrected chi connectivity index (χ3v) is 2.19.